The number of anilines is 1. The Morgan fingerprint density at radius 1 is 1.18 bits per heavy atom. The highest BCUT2D eigenvalue weighted by Gasteiger charge is 2.57. The maximum absolute atomic E-state index is 12.8. The molecule has 38 heavy (non-hydrogen) atoms. The number of benzene rings is 1. The van der Waals surface area contributed by atoms with Crippen LogP contribution < -0.4 is 19.7 Å². The van der Waals surface area contributed by atoms with Gasteiger partial charge in [0, 0.05) is 48.6 Å². The van der Waals surface area contributed by atoms with Gasteiger partial charge in [-0.15, -0.1) is 0 Å². The number of rotatable bonds is 9. The highest BCUT2D eigenvalue weighted by Crippen LogP contribution is 2.48. The van der Waals surface area contributed by atoms with E-state index in [-0.39, 0.29) is 35.2 Å². The van der Waals surface area contributed by atoms with Crippen molar-refractivity contribution >= 4 is 51.5 Å². The topological polar surface area (TPSA) is 106 Å². The van der Waals surface area contributed by atoms with Crippen molar-refractivity contribution in [2.45, 2.75) is 26.3 Å². The van der Waals surface area contributed by atoms with Gasteiger partial charge in [0.05, 0.1) is 36.6 Å². The van der Waals surface area contributed by atoms with Crippen LogP contribution in [0.5, 0.6) is 11.5 Å². The lowest BCUT2D eigenvalue weighted by molar-refractivity contribution is 0.0530. The molecule has 1 aliphatic carbocycles. The van der Waals surface area contributed by atoms with Crippen LogP contribution in [0, 0.1) is 18.8 Å². The van der Waals surface area contributed by atoms with E-state index in [1.54, 1.807) is 28.1 Å². The summed E-state index contributed by atoms with van der Waals surface area (Å²) >= 11 is 13.7. The van der Waals surface area contributed by atoms with Crippen LogP contribution in [0.4, 0.5) is 5.13 Å². The third-order valence-corrected chi connectivity index (χ3v) is 9.12. The predicted molar refractivity (Wildman–Crippen MR) is 146 cm³/mol. The Morgan fingerprint density at radius 2 is 1.92 bits per heavy atom. The summed E-state index contributed by atoms with van der Waals surface area (Å²) in [7, 11) is 3.21. The Bertz CT molecular complexity index is 1380. The van der Waals surface area contributed by atoms with Crippen LogP contribution in [0.25, 0.3) is 0 Å². The molecule has 5 rings (SSSR count). The quantitative estimate of drug-likeness (QED) is 0.353. The minimum absolute atomic E-state index is 0.0576. The number of nitrogens with one attached hydrogen (secondary N) is 2. The number of ether oxygens (including phenoxy) is 3. The SMILES string of the molecule is CCOC(=O)c1sc(N2C[C@@H]3[C@H](C2)[C@H]3NC(=O)c2[nH]c(C)c(Cl)c2Cl)nc1Cc1cc(OC)ccc1OC. The highest BCUT2D eigenvalue weighted by molar-refractivity contribution is 7.17. The Balaban J connectivity index is 1.30. The van der Waals surface area contributed by atoms with E-state index in [9.17, 15) is 9.59 Å². The summed E-state index contributed by atoms with van der Waals surface area (Å²) in [5, 5.41) is 4.44. The third kappa shape index (κ3) is 4.92. The molecule has 1 saturated carbocycles. The molecule has 2 aliphatic rings. The fourth-order valence-corrected chi connectivity index (χ4v) is 6.41. The van der Waals surface area contributed by atoms with Crippen molar-refractivity contribution in [1.29, 1.82) is 0 Å². The van der Waals surface area contributed by atoms with E-state index < -0.39 is 0 Å². The summed E-state index contributed by atoms with van der Waals surface area (Å²) in [6, 6.07) is 5.61. The highest BCUT2D eigenvalue weighted by atomic mass is 35.5. The number of fused-ring (bicyclic) bond motifs is 1. The molecule has 3 atom stereocenters. The first-order chi connectivity index (χ1) is 18.2. The van der Waals surface area contributed by atoms with E-state index in [0.29, 0.717) is 51.0 Å². The van der Waals surface area contributed by atoms with Gasteiger partial charge in [0.25, 0.3) is 5.91 Å². The molecule has 0 spiro atoms. The molecule has 0 unspecified atom stereocenters. The number of aryl methyl sites for hydroxylation is 1. The molecule has 1 saturated heterocycles. The summed E-state index contributed by atoms with van der Waals surface area (Å²) in [6.45, 7) is 5.28. The average molecular weight is 580 g/mol. The normalized spacial score (nSPS) is 19.7. The zero-order valence-corrected chi connectivity index (χ0v) is 23.7. The molecule has 3 aromatic rings. The van der Waals surface area contributed by atoms with E-state index >= 15 is 0 Å². The number of H-pyrrole nitrogens is 1. The van der Waals surface area contributed by atoms with Gasteiger partial charge in [0.1, 0.15) is 22.1 Å². The van der Waals surface area contributed by atoms with Crippen LogP contribution in [0.2, 0.25) is 10.0 Å². The predicted octanol–water partition coefficient (Wildman–Crippen LogP) is 4.74. The summed E-state index contributed by atoms with van der Waals surface area (Å²) in [4.78, 5) is 36.0. The Labute approximate surface area is 234 Å². The lowest BCUT2D eigenvalue weighted by Gasteiger charge is -2.19. The summed E-state index contributed by atoms with van der Waals surface area (Å²) in [5.41, 5.74) is 2.44. The number of hydrogen-bond donors (Lipinski definition) is 2. The fraction of sp³-hybridized carbons (Fsp3) is 0.423. The molecule has 1 aromatic carbocycles. The second kappa shape index (κ2) is 10.7. The maximum atomic E-state index is 12.8. The second-order valence-corrected chi connectivity index (χ2v) is 11.1. The number of amides is 1. The molecule has 1 aliphatic heterocycles. The number of carbonyl (C=O) groups excluding carboxylic acids is 2. The molecule has 3 heterocycles. The van der Waals surface area contributed by atoms with Crippen molar-refractivity contribution in [2.75, 3.05) is 38.8 Å². The van der Waals surface area contributed by atoms with Crippen LogP contribution in [0.1, 0.15) is 44.0 Å². The minimum atomic E-state index is -0.389. The molecular formula is C26H28Cl2N4O5S. The fourth-order valence-electron chi connectivity index (χ4n) is 5.00. The van der Waals surface area contributed by atoms with Crippen LogP contribution in [0.15, 0.2) is 18.2 Å². The number of esters is 1. The van der Waals surface area contributed by atoms with Gasteiger partial charge in [-0.1, -0.05) is 34.5 Å². The molecule has 0 bridgehead atoms. The van der Waals surface area contributed by atoms with E-state index in [0.717, 1.165) is 23.8 Å². The number of hydrogen-bond acceptors (Lipinski definition) is 8. The number of aromatic amines is 1. The minimum Gasteiger partial charge on any atom is -0.497 e. The molecule has 9 nitrogen and oxygen atoms in total. The van der Waals surface area contributed by atoms with Crippen molar-refractivity contribution in [3.63, 3.8) is 0 Å². The van der Waals surface area contributed by atoms with E-state index in [1.807, 2.05) is 18.2 Å². The van der Waals surface area contributed by atoms with Gasteiger partial charge in [0.15, 0.2) is 5.13 Å². The molecular weight excluding hydrogens is 551 g/mol. The standard InChI is InChI=1S/C26H28Cl2N4O5S/c1-5-37-25(34)23-17(9-13-8-14(35-3)6-7-18(13)36-4)30-26(38-23)32-10-15-16(11-32)21(15)31-24(33)22-20(28)19(27)12(2)29-22/h6-8,15-16,21,29H,5,9-11H2,1-4H3,(H,31,33)/t15-,16+,21+. The number of methoxy groups -OCH3 is 2. The van der Waals surface area contributed by atoms with Crippen molar-refractivity contribution in [3.05, 3.63) is 55.8 Å². The summed E-state index contributed by atoms with van der Waals surface area (Å²) < 4.78 is 16.2. The first-order valence-electron chi connectivity index (χ1n) is 12.2. The molecule has 2 aromatic heterocycles. The van der Waals surface area contributed by atoms with Gasteiger partial charge in [-0.05, 0) is 32.0 Å². The van der Waals surface area contributed by atoms with Gasteiger partial charge in [-0.3, -0.25) is 4.79 Å². The number of carbonyl (C=O) groups is 2. The number of halogens is 2. The van der Waals surface area contributed by atoms with Crippen LogP contribution in [-0.2, 0) is 11.2 Å². The smallest absolute Gasteiger partial charge is 0.350 e. The molecule has 202 valence electrons. The van der Waals surface area contributed by atoms with Gasteiger partial charge in [-0.2, -0.15) is 0 Å². The largest absolute Gasteiger partial charge is 0.497 e. The van der Waals surface area contributed by atoms with Gasteiger partial charge >= 0.3 is 5.97 Å². The number of piperidine rings is 1. The lowest BCUT2D eigenvalue weighted by Crippen LogP contribution is -2.34. The lowest BCUT2D eigenvalue weighted by atomic mass is 10.1. The Morgan fingerprint density at radius 3 is 2.53 bits per heavy atom. The van der Waals surface area contributed by atoms with Gasteiger partial charge in [0.2, 0.25) is 0 Å². The first-order valence-corrected chi connectivity index (χ1v) is 13.8. The van der Waals surface area contributed by atoms with Gasteiger partial charge in [-0.25, -0.2) is 9.78 Å². The van der Waals surface area contributed by atoms with Crippen LogP contribution in [0.3, 0.4) is 0 Å². The molecule has 2 N–H and O–H groups in total. The van der Waals surface area contributed by atoms with E-state index in [1.165, 1.54) is 11.3 Å². The first kappa shape index (κ1) is 26.6. The average Bonchev–Trinajstić information content (AvgIpc) is 3.26. The maximum Gasteiger partial charge on any atom is 0.350 e. The number of nitrogens with zero attached hydrogens (tertiary/aromatic N) is 2. The van der Waals surface area contributed by atoms with Crippen LogP contribution >= 0.6 is 34.5 Å². The monoisotopic (exact) mass is 578 g/mol. The van der Waals surface area contributed by atoms with Crippen molar-refractivity contribution < 1.29 is 23.8 Å². The molecule has 12 heteroatoms. The zero-order valence-electron chi connectivity index (χ0n) is 21.4. The molecule has 1 amide bonds. The van der Waals surface area contributed by atoms with E-state index in [2.05, 4.69) is 15.2 Å². The zero-order chi connectivity index (χ0) is 27.1. The Kier molecular flexibility index (Phi) is 7.48. The number of thiazole rings is 1. The summed E-state index contributed by atoms with van der Waals surface area (Å²) in [6.07, 6.45) is 0.392. The molecule has 2 fully saturated rings. The Hall–Kier alpha value is -2.95. The van der Waals surface area contributed by atoms with Crippen molar-refractivity contribution in [3.8, 4) is 11.5 Å². The van der Waals surface area contributed by atoms with Gasteiger partial charge < -0.3 is 29.4 Å². The molecule has 0 radical (unpaired) electrons. The second-order valence-electron chi connectivity index (χ2n) is 9.33. The number of aromatic nitrogens is 2. The summed E-state index contributed by atoms with van der Waals surface area (Å²) in [5.74, 6) is 1.32. The van der Waals surface area contributed by atoms with E-state index in [4.69, 9.17) is 42.4 Å². The van der Waals surface area contributed by atoms with Crippen molar-refractivity contribution in [2.24, 2.45) is 11.8 Å². The third-order valence-electron chi connectivity index (χ3n) is 7.04. The van der Waals surface area contributed by atoms with Crippen molar-refractivity contribution in [1.82, 2.24) is 15.3 Å². The van der Waals surface area contributed by atoms with Crippen LogP contribution in [-0.4, -0.2) is 61.8 Å².